The number of carbonyl (C=O) groups excluding carboxylic acids is 3. The minimum atomic E-state index is -4.02. The van der Waals surface area contributed by atoms with Crippen LogP contribution in [0.3, 0.4) is 0 Å². The van der Waals surface area contributed by atoms with Crippen molar-refractivity contribution in [1.29, 1.82) is 0 Å². The fraction of sp³-hybridized carbons (Fsp3) is 0.526. The van der Waals surface area contributed by atoms with E-state index in [9.17, 15) is 22.8 Å². The van der Waals surface area contributed by atoms with Gasteiger partial charge in [0.05, 0.1) is 18.1 Å². The van der Waals surface area contributed by atoms with Crippen LogP contribution in [0.2, 0.25) is 0 Å². The number of amides is 3. The van der Waals surface area contributed by atoms with Gasteiger partial charge in [-0.05, 0) is 25.0 Å². The van der Waals surface area contributed by atoms with Gasteiger partial charge in [-0.15, -0.1) is 0 Å². The Morgan fingerprint density at radius 2 is 1.74 bits per heavy atom. The molecular formula is C19H25N3O8S. The van der Waals surface area contributed by atoms with E-state index < -0.39 is 41.1 Å². The number of hydrogen-bond donors (Lipinski definition) is 3. The Bertz CT molecular complexity index is 928. The zero-order valence-electron chi connectivity index (χ0n) is 16.8. The van der Waals surface area contributed by atoms with E-state index >= 15 is 0 Å². The molecule has 3 N–H and O–H groups in total. The molecule has 1 fully saturated rings. The number of rotatable bonds is 7. The Morgan fingerprint density at radius 3 is 2.48 bits per heavy atom. The van der Waals surface area contributed by atoms with Crippen molar-refractivity contribution < 1.29 is 37.0 Å². The van der Waals surface area contributed by atoms with Gasteiger partial charge < -0.3 is 19.5 Å². The van der Waals surface area contributed by atoms with Crippen LogP contribution in [0.5, 0.6) is 11.5 Å². The average molecular weight is 455 g/mol. The van der Waals surface area contributed by atoms with Gasteiger partial charge in [0.25, 0.3) is 5.91 Å². The van der Waals surface area contributed by atoms with Gasteiger partial charge >= 0.3 is 12.0 Å². The maximum Gasteiger partial charge on any atom is 0.321 e. The SMILES string of the molecule is O=C(COC(=O)CNS(=O)(=O)c1ccc2c(c1)OCCCO2)NC(=O)NC1CCCC1. The summed E-state index contributed by atoms with van der Waals surface area (Å²) in [6, 6.07) is 3.51. The standard InChI is InChI=1S/C19H25N3O8S/c23-17(22-19(25)21-13-4-1-2-5-13)12-30-18(24)11-20-31(26,27)14-6-7-15-16(10-14)29-9-3-8-28-15/h6-7,10,13,20H,1-5,8-9,11-12H2,(H2,21,22,23,25). The highest BCUT2D eigenvalue weighted by molar-refractivity contribution is 7.89. The van der Waals surface area contributed by atoms with E-state index in [1.165, 1.54) is 18.2 Å². The summed E-state index contributed by atoms with van der Waals surface area (Å²) in [5, 5.41) is 4.73. The average Bonchev–Trinajstić information content (AvgIpc) is 3.12. The van der Waals surface area contributed by atoms with Gasteiger partial charge in [0.15, 0.2) is 18.1 Å². The molecule has 0 radical (unpaired) electrons. The zero-order valence-corrected chi connectivity index (χ0v) is 17.7. The number of sulfonamides is 1. The van der Waals surface area contributed by atoms with Crippen LogP contribution in [0.1, 0.15) is 32.1 Å². The fourth-order valence-electron chi connectivity index (χ4n) is 3.20. The Labute approximate surface area is 179 Å². The summed E-state index contributed by atoms with van der Waals surface area (Å²) in [6.45, 7) is -0.517. The molecular weight excluding hydrogens is 430 g/mol. The third-order valence-electron chi connectivity index (χ3n) is 4.74. The molecule has 31 heavy (non-hydrogen) atoms. The number of nitrogens with one attached hydrogen (secondary N) is 3. The summed E-state index contributed by atoms with van der Waals surface area (Å²) < 4.78 is 42.5. The lowest BCUT2D eigenvalue weighted by atomic mass is 10.2. The van der Waals surface area contributed by atoms with E-state index in [-0.39, 0.29) is 10.9 Å². The molecule has 12 heteroatoms. The van der Waals surface area contributed by atoms with Crippen molar-refractivity contribution in [2.24, 2.45) is 0 Å². The first-order chi connectivity index (χ1) is 14.8. The molecule has 3 amide bonds. The van der Waals surface area contributed by atoms with Crippen LogP contribution in [-0.2, 0) is 24.3 Å². The second-order valence-electron chi connectivity index (χ2n) is 7.15. The molecule has 0 unspecified atom stereocenters. The Hall–Kier alpha value is -2.86. The zero-order chi connectivity index (χ0) is 22.3. The molecule has 1 aromatic carbocycles. The van der Waals surface area contributed by atoms with Crippen LogP contribution < -0.4 is 24.8 Å². The van der Waals surface area contributed by atoms with Gasteiger partial charge in [-0.2, -0.15) is 4.72 Å². The number of fused-ring (bicyclic) bond motifs is 1. The van der Waals surface area contributed by atoms with E-state index in [1.807, 2.05) is 0 Å². The van der Waals surface area contributed by atoms with Gasteiger partial charge in [-0.25, -0.2) is 13.2 Å². The third-order valence-corrected chi connectivity index (χ3v) is 6.14. The quantitative estimate of drug-likeness (QED) is 0.502. The van der Waals surface area contributed by atoms with Crippen LogP contribution >= 0.6 is 0 Å². The second-order valence-corrected chi connectivity index (χ2v) is 8.91. The maximum atomic E-state index is 12.4. The number of urea groups is 1. The highest BCUT2D eigenvalue weighted by Crippen LogP contribution is 2.31. The number of ether oxygens (including phenoxy) is 3. The maximum absolute atomic E-state index is 12.4. The van der Waals surface area contributed by atoms with Crippen LogP contribution in [-0.4, -0.2) is 58.7 Å². The predicted molar refractivity (Wildman–Crippen MR) is 107 cm³/mol. The topological polar surface area (TPSA) is 149 Å². The van der Waals surface area contributed by atoms with Crippen molar-refractivity contribution in [1.82, 2.24) is 15.4 Å². The van der Waals surface area contributed by atoms with Crippen molar-refractivity contribution in [2.75, 3.05) is 26.4 Å². The Balaban J connectivity index is 1.42. The van der Waals surface area contributed by atoms with E-state index in [2.05, 4.69) is 15.4 Å². The molecule has 1 aliphatic carbocycles. The summed E-state index contributed by atoms with van der Waals surface area (Å²) in [7, 11) is -4.02. The third kappa shape index (κ3) is 6.82. The van der Waals surface area contributed by atoms with Crippen molar-refractivity contribution in [3.8, 4) is 11.5 Å². The molecule has 2 aliphatic rings. The molecule has 0 atom stereocenters. The minimum absolute atomic E-state index is 0.0368. The first-order valence-corrected chi connectivity index (χ1v) is 11.5. The number of hydrogen-bond acceptors (Lipinski definition) is 8. The normalized spacial score (nSPS) is 16.3. The van der Waals surface area contributed by atoms with Crippen LogP contribution in [0.25, 0.3) is 0 Å². The van der Waals surface area contributed by atoms with E-state index in [0.29, 0.717) is 31.1 Å². The molecule has 11 nitrogen and oxygen atoms in total. The van der Waals surface area contributed by atoms with Gasteiger partial charge in [0.2, 0.25) is 10.0 Å². The fourth-order valence-corrected chi connectivity index (χ4v) is 4.18. The predicted octanol–water partition coefficient (Wildman–Crippen LogP) is 0.438. The summed E-state index contributed by atoms with van der Waals surface area (Å²) in [6.07, 6.45) is 4.45. The number of benzene rings is 1. The minimum Gasteiger partial charge on any atom is -0.490 e. The highest BCUT2D eigenvalue weighted by Gasteiger charge is 2.21. The lowest BCUT2D eigenvalue weighted by Crippen LogP contribution is -2.45. The van der Waals surface area contributed by atoms with Crippen molar-refractivity contribution in [3.63, 3.8) is 0 Å². The molecule has 1 aliphatic heterocycles. The number of esters is 1. The smallest absolute Gasteiger partial charge is 0.321 e. The van der Waals surface area contributed by atoms with E-state index in [4.69, 9.17) is 14.2 Å². The molecule has 1 heterocycles. The highest BCUT2D eigenvalue weighted by atomic mass is 32.2. The van der Waals surface area contributed by atoms with Crippen LogP contribution in [0.15, 0.2) is 23.1 Å². The molecule has 0 aromatic heterocycles. The van der Waals surface area contributed by atoms with E-state index in [0.717, 1.165) is 25.7 Å². The van der Waals surface area contributed by atoms with Crippen molar-refractivity contribution in [2.45, 2.75) is 43.0 Å². The monoisotopic (exact) mass is 455 g/mol. The summed E-state index contributed by atoms with van der Waals surface area (Å²) in [5.41, 5.74) is 0. The summed E-state index contributed by atoms with van der Waals surface area (Å²) in [4.78, 5) is 35.1. The van der Waals surface area contributed by atoms with Gasteiger partial charge in [0, 0.05) is 18.5 Å². The first kappa shape index (κ1) is 22.8. The summed E-state index contributed by atoms with van der Waals surface area (Å²) >= 11 is 0. The number of carbonyl (C=O) groups is 3. The molecule has 1 saturated carbocycles. The van der Waals surface area contributed by atoms with Gasteiger partial charge in [-0.3, -0.25) is 14.9 Å². The summed E-state index contributed by atoms with van der Waals surface area (Å²) in [5.74, 6) is -1.03. The largest absolute Gasteiger partial charge is 0.490 e. The van der Waals surface area contributed by atoms with Crippen molar-refractivity contribution in [3.05, 3.63) is 18.2 Å². The molecule has 170 valence electrons. The second kappa shape index (κ2) is 10.4. The molecule has 0 spiro atoms. The van der Waals surface area contributed by atoms with Crippen LogP contribution in [0.4, 0.5) is 4.79 Å². The van der Waals surface area contributed by atoms with Gasteiger partial charge in [0.1, 0.15) is 6.54 Å². The first-order valence-electron chi connectivity index (χ1n) is 9.99. The lowest BCUT2D eigenvalue weighted by molar-refractivity contribution is -0.147. The van der Waals surface area contributed by atoms with Crippen molar-refractivity contribution >= 4 is 27.9 Å². The van der Waals surface area contributed by atoms with Crippen LogP contribution in [0, 0.1) is 0 Å². The molecule has 0 saturated heterocycles. The Morgan fingerprint density at radius 1 is 1.03 bits per heavy atom. The van der Waals surface area contributed by atoms with Gasteiger partial charge in [-0.1, -0.05) is 12.8 Å². The Kier molecular flexibility index (Phi) is 7.69. The molecule has 1 aromatic rings. The molecule has 3 rings (SSSR count). The lowest BCUT2D eigenvalue weighted by Gasteiger charge is -2.12. The number of imide groups is 1. The van der Waals surface area contributed by atoms with E-state index in [1.54, 1.807) is 0 Å². The molecule has 0 bridgehead atoms.